The van der Waals surface area contributed by atoms with Gasteiger partial charge in [0.15, 0.2) is 5.96 Å². The number of benzene rings is 1. The maximum atomic E-state index is 4.73. The number of piperidine rings is 1. The molecule has 0 atom stereocenters. The van der Waals surface area contributed by atoms with Gasteiger partial charge in [-0.3, -0.25) is 4.99 Å². The van der Waals surface area contributed by atoms with Crippen molar-refractivity contribution in [2.75, 3.05) is 20.1 Å². The summed E-state index contributed by atoms with van der Waals surface area (Å²) in [5.74, 6) is 1.82. The predicted molar refractivity (Wildman–Crippen MR) is 97.7 cm³/mol. The molecule has 1 aliphatic heterocycles. The first-order valence-corrected chi connectivity index (χ1v) is 9.09. The van der Waals surface area contributed by atoms with Gasteiger partial charge in [-0.1, -0.05) is 37.3 Å². The van der Waals surface area contributed by atoms with Crippen LogP contribution in [0.25, 0.3) is 11.3 Å². The molecule has 2 aromatic rings. The summed E-state index contributed by atoms with van der Waals surface area (Å²) in [4.78, 5) is 11.5. The number of nitrogens with zero attached hydrogens (tertiary/aromatic N) is 3. The van der Waals surface area contributed by atoms with Crippen molar-refractivity contribution in [3.63, 3.8) is 0 Å². The van der Waals surface area contributed by atoms with Crippen molar-refractivity contribution in [3.05, 3.63) is 40.7 Å². The molecular formula is C18H24N4S. The zero-order valence-corrected chi connectivity index (χ0v) is 14.6. The number of nitrogens with one attached hydrogen (secondary N) is 1. The molecule has 1 aliphatic rings. The smallest absolute Gasteiger partial charge is 0.193 e. The lowest BCUT2D eigenvalue weighted by atomic mass is 10.00. The van der Waals surface area contributed by atoms with Gasteiger partial charge in [0.05, 0.1) is 12.2 Å². The number of hydrogen-bond donors (Lipinski definition) is 1. The third-order valence-corrected chi connectivity index (χ3v) is 5.16. The van der Waals surface area contributed by atoms with Gasteiger partial charge in [0, 0.05) is 31.1 Å². The molecule has 3 rings (SSSR count). The van der Waals surface area contributed by atoms with Gasteiger partial charge in [-0.25, -0.2) is 4.98 Å². The number of aromatic nitrogens is 1. The van der Waals surface area contributed by atoms with Gasteiger partial charge in [0.25, 0.3) is 0 Å². The number of guanidine groups is 1. The molecule has 5 heteroatoms. The van der Waals surface area contributed by atoms with Crippen molar-refractivity contribution < 1.29 is 0 Å². The van der Waals surface area contributed by atoms with Crippen LogP contribution in [0.4, 0.5) is 0 Å². The molecule has 0 bridgehead atoms. The van der Waals surface area contributed by atoms with E-state index in [1.807, 2.05) is 25.2 Å². The summed E-state index contributed by atoms with van der Waals surface area (Å²) >= 11 is 1.70. The van der Waals surface area contributed by atoms with Crippen LogP contribution in [0.2, 0.25) is 0 Å². The standard InChI is InChI=1S/C18H24N4S/c1-14-8-10-22(11-9-14)18(19-2)20-12-17-21-16(13-23-17)15-6-4-3-5-7-15/h3-7,13-14H,8-12H2,1-2H3,(H,19,20). The summed E-state index contributed by atoms with van der Waals surface area (Å²) in [6, 6.07) is 10.3. The molecule has 2 heterocycles. The van der Waals surface area contributed by atoms with E-state index >= 15 is 0 Å². The molecule has 122 valence electrons. The van der Waals surface area contributed by atoms with E-state index in [1.165, 1.54) is 18.4 Å². The highest BCUT2D eigenvalue weighted by molar-refractivity contribution is 7.09. The molecule has 0 spiro atoms. The van der Waals surface area contributed by atoms with E-state index in [-0.39, 0.29) is 0 Å². The SMILES string of the molecule is CN=C(NCc1nc(-c2ccccc2)cs1)N1CCC(C)CC1. The average molecular weight is 328 g/mol. The molecule has 4 nitrogen and oxygen atoms in total. The van der Waals surface area contributed by atoms with Crippen LogP contribution in [0.3, 0.4) is 0 Å². The quantitative estimate of drug-likeness (QED) is 0.691. The van der Waals surface area contributed by atoms with Gasteiger partial charge in [0.2, 0.25) is 0 Å². The molecular weight excluding hydrogens is 304 g/mol. The van der Waals surface area contributed by atoms with Crippen LogP contribution in [0, 0.1) is 5.92 Å². The first-order chi connectivity index (χ1) is 11.3. The Labute approximate surface area is 142 Å². The molecule has 1 saturated heterocycles. The number of rotatable bonds is 3. The highest BCUT2D eigenvalue weighted by atomic mass is 32.1. The number of aliphatic imine (C=N–C) groups is 1. The second-order valence-corrected chi connectivity index (χ2v) is 7.01. The van der Waals surface area contributed by atoms with E-state index in [9.17, 15) is 0 Å². The van der Waals surface area contributed by atoms with Crippen LogP contribution in [0.5, 0.6) is 0 Å². The summed E-state index contributed by atoms with van der Waals surface area (Å²) in [6.45, 7) is 5.24. The minimum Gasteiger partial charge on any atom is -0.350 e. The predicted octanol–water partition coefficient (Wildman–Crippen LogP) is 3.62. The van der Waals surface area contributed by atoms with Gasteiger partial charge in [-0.15, -0.1) is 11.3 Å². The molecule has 1 aromatic heterocycles. The van der Waals surface area contributed by atoms with E-state index in [1.54, 1.807) is 11.3 Å². The van der Waals surface area contributed by atoms with Gasteiger partial charge in [-0.2, -0.15) is 0 Å². The summed E-state index contributed by atoms with van der Waals surface area (Å²) in [5, 5.41) is 6.67. The Kier molecular flexibility index (Phi) is 5.28. The van der Waals surface area contributed by atoms with E-state index in [2.05, 4.69) is 39.6 Å². The Bertz CT molecular complexity index is 642. The van der Waals surface area contributed by atoms with Crippen molar-refractivity contribution >= 4 is 17.3 Å². The zero-order valence-electron chi connectivity index (χ0n) is 13.8. The Balaban J connectivity index is 1.58. The van der Waals surface area contributed by atoms with E-state index in [0.29, 0.717) is 0 Å². The molecule has 0 saturated carbocycles. The van der Waals surface area contributed by atoms with Crippen molar-refractivity contribution in [2.45, 2.75) is 26.3 Å². The average Bonchev–Trinajstić information content (AvgIpc) is 3.07. The van der Waals surface area contributed by atoms with Crippen molar-refractivity contribution in [3.8, 4) is 11.3 Å². The summed E-state index contributed by atoms with van der Waals surface area (Å²) in [5.41, 5.74) is 2.22. The maximum Gasteiger partial charge on any atom is 0.193 e. The minimum absolute atomic E-state index is 0.732. The maximum absolute atomic E-state index is 4.73. The van der Waals surface area contributed by atoms with Crippen molar-refractivity contribution in [2.24, 2.45) is 10.9 Å². The Morgan fingerprint density at radius 1 is 1.30 bits per heavy atom. The Morgan fingerprint density at radius 3 is 2.74 bits per heavy atom. The summed E-state index contributed by atoms with van der Waals surface area (Å²) in [6.07, 6.45) is 2.49. The Morgan fingerprint density at radius 2 is 2.04 bits per heavy atom. The molecule has 0 aliphatic carbocycles. The second kappa shape index (κ2) is 7.59. The largest absolute Gasteiger partial charge is 0.350 e. The summed E-state index contributed by atoms with van der Waals surface area (Å²) in [7, 11) is 1.86. The van der Waals surface area contributed by atoms with Crippen molar-refractivity contribution in [1.82, 2.24) is 15.2 Å². The van der Waals surface area contributed by atoms with Gasteiger partial charge in [-0.05, 0) is 18.8 Å². The third-order valence-electron chi connectivity index (χ3n) is 4.31. The number of hydrogen-bond acceptors (Lipinski definition) is 3. The fourth-order valence-electron chi connectivity index (χ4n) is 2.84. The van der Waals surface area contributed by atoms with Crippen LogP contribution < -0.4 is 5.32 Å². The van der Waals surface area contributed by atoms with Gasteiger partial charge in [0.1, 0.15) is 5.01 Å². The molecule has 1 aromatic carbocycles. The van der Waals surface area contributed by atoms with E-state index in [4.69, 9.17) is 4.98 Å². The van der Waals surface area contributed by atoms with Crippen LogP contribution >= 0.6 is 11.3 Å². The van der Waals surface area contributed by atoms with Crippen LogP contribution in [0.15, 0.2) is 40.7 Å². The minimum atomic E-state index is 0.732. The molecule has 1 fully saturated rings. The summed E-state index contributed by atoms with van der Waals surface area (Å²) < 4.78 is 0. The highest BCUT2D eigenvalue weighted by Crippen LogP contribution is 2.21. The molecule has 0 amide bonds. The third kappa shape index (κ3) is 4.10. The fourth-order valence-corrected chi connectivity index (χ4v) is 3.58. The topological polar surface area (TPSA) is 40.5 Å². The molecule has 1 N–H and O–H groups in total. The lowest BCUT2D eigenvalue weighted by Crippen LogP contribution is -2.45. The normalized spacial score (nSPS) is 16.6. The Hall–Kier alpha value is -1.88. The lowest BCUT2D eigenvalue weighted by molar-refractivity contribution is 0.273. The molecule has 0 unspecified atom stereocenters. The molecule has 0 radical (unpaired) electrons. The van der Waals surface area contributed by atoms with Gasteiger partial charge >= 0.3 is 0 Å². The van der Waals surface area contributed by atoms with E-state index < -0.39 is 0 Å². The monoisotopic (exact) mass is 328 g/mol. The van der Waals surface area contributed by atoms with Crippen LogP contribution in [-0.4, -0.2) is 36.0 Å². The fraction of sp³-hybridized carbons (Fsp3) is 0.444. The second-order valence-electron chi connectivity index (χ2n) is 6.06. The van der Waals surface area contributed by atoms with Crippen molar-refractivity contribution in [1.29, 1.82) is 0 Å². The lowest BCUT2D eigenvalue weighted by Gasteiger charge is -2.32. The highest BCUT2D eigenvalue weighted by Gasteiger charge is 2.18. The van der Waals surface area contributed by atoms with Gasteiger partial charge < -0.3 is 10.2 Å². The van der Waals surface area contributed by atoms with Crippen LogP contribution in [0.1, 0.15) is 24.8 Å². The first-order valence-electron chi connectivity index (χ1n) is 8.21. The first kappa shape index (κ1) is 16.0. The number of likely N-dealkylation sites (tertiary alicyclic amines) is 1. The van der Waals surface area contributed by atoms with E-state index in [0.717, 1.165) is 42.2 Å². The number of thiazole rings is 1. The zero-order chi connectivity index (χ0) is 16.1. The van der Waals surface area contributed by atoms with Crippen LogP contribution in [-0.2, 0) is 6.54 Å². The molecule has 23 heavy (non-hydrogen) atoms.